The minimum atomic E-state index is -3.97. The lowest BCUT2D eigenvalue weighted by molar-refractivity contribution is -0.160. The van der Waals surface area contributed by atoms with Crippen molar-refractivity contribution in [3.63, 3.8) is 0 Å². The third-order valence-electron chi connectivity index (χ3n) is 5.89. The van der Waals surface area contributed by atoms with Crippen molar-refractivity contribution >= 4 is 28.1 Å². The van der Waals surface area contributed by atoms with Crippen molar-refractivity contribution in [1.82, 2.24) is 5.32 Å². The number of benzene rings is 1. The molecule has 1 saturated carbocycles. The molecule has 0 bridgehead atoms. The second-order valence-corrected chi connectivity index (χ2v) is 11.8. The van der Waals surface area contributed by atoms with Crippen LogP contribution in [0.3, 0.4) is 0 Å². The molecule has 10 nitrogen and oxygen atoms in total. The van der Waals surface area contributed by atoms with E-state index in [9.17, 15) is 22.8 Å². The molecule has 1 aliphatic carbocycles. The summed E-state index contributed by atoms with van der Waals surface area (Å²) in [6, 6.07) is 8.72. The number of alkyl carbamates (subject to hydrolysis) is 1. The first-order valence-corrected chi connectivity index (χ1v) is 14.3. The lowest BCUT2D eigenvalue weighted by Crippen LogP contribution is -2.44. The molecule has 0 spiro atoms. The van der Waals surface area contributed by atoms with Gasteiger partial charge in [-0.1, -0.05) is 36.8 Å². The zero-order chi connectivity index (χ0) is 27.6. The van der Waals surface area contributed by atoms with Gasteiger partial charge in [-0.05, 0) is 64.9 Å². The van der Waals surface area contributed by atoms with Crippen LogP contribution < -0.4 is 5.32 Å². The number of carbonyl (C=O) groups is 3. The van der Waals surface area contributed by atoms with Gasteiger partial charge < -0.3 is 19.5 Å². The summed E-state index contributed by atoms with van der Waals surface area (Å²) in [7, 11) is -2.78. The fourth-order valence-electron chi connectivity index (χ4n) is 4.31. The van der Waals surface area contributed by atoms with Gasteiger partial charge in [0.15, 0.2) is 6.10 Å². The number of rotatable bonds is 11. The van der Waals surface area contributed by atoms with Gasteiger partial charge in [0.25, 0.3) is 10.1 Å². The molecule has 0 radical (unpaired) electrons. The Labute approximate surface area is 219 Å². The predicted molar refractivity (Wildman–Crippen MR) is 136 cm³/mol. The zero-order valence-corrected chi connectivity index (χ0v) is 23.0. The molecule has 1 N–H and O–H groups in total. The van der Waals surface area contributed by atoms with Gasteiger partial charge in [0.05, 0.1) is 13.4 Å². The summed E-state index contributed by atoms with van der Waals surface area (Å²) in [5.41, 5.74) is 0.300. The number of ether oxygens (including phenoxy) is 3. The number of esters is 2. The first kappa shape index (κ1) is 30.6. The summed E-state index contributed by atoms with van der Waals surface area (Å²) in [5.74, 6) is -1.45. The van der Waals surface area contributed by atoms with Crippen LogP contribution in [-0.4, -0.2) is 63.7 Å². The zero-order valence-electron chi connectivity index (χ0n) is 22.2. The molecule has 37 heavy (non-hydrogen) atoms. The van der Waals surface area contributed by atoms with Crippen molar-refractivity contribution in [3.05, 3.63) is 35.9 Å². The monoisotopic (exact) mass is 541 g/mol. The van der Waals surface area contributed by atoms with E-state index in [1.54, 1.807) is 20.8 Å². The van der Waals surface area contributed by atoms with E-state index in [1.807, 2.05) is 30.3 Å². The predicted octanol–water partition coefficient (Wildman–Crippen LogP) is 3.84. The Morgan fingerprint density at radius 2 is 1.68 bits per heavy atom. The highest BCUT2D eigenvalue weighted by Crippen LogP contribution is 2.35. The molecule has 1 aliphatic rings. The Kier molecular flexibility index (Phi) is 11.4. The van der Waals surface area contributed by atoms with Crippen LogP contribution in [0.15, 0.2) is 30.3 Å². The van der Waals surface area contributed by atoms with Crippen molar-refractivity contribution in [3.8, 4) is 0 Å². The van der Waals surface area contributed by atoms with Crippen LogP contribution in [0.5, 0.6) is 0 Å². The standard InChI is InChI=1S/C26H39NO9S/c1-26(2,3)35-25(30)27-20(23(28)33-4)15-11-17-22(36-37(5,31)32)24(29)34-21-16-10-9-14-19(21)18-12-7-6-8-13-18/h6-8,12-13,19-22H,9-11,14-17H2,1-5H3,(H,27,30)/t19-,20+,21+,22+/m1/s1. The van der Waals surface area contributed by atoms with E-state index >= 15 is 0 Å². The van der Waals surface area contributed by atoms with Gasteiger partial charge in [0, 0.05) is 5.92 Å². The molecule has 208 valence electrons. The maximum absolute atomic E-state index is 13.1. The SMILES string of the molecule is COC(=O)[C@H](CCC[C@H](OS(C)(=O)=O)C(=O)O[C@H]1CCCC[C@@H]1c1ccccc1)NC(=O)OC(C)(C)C. The molecule has 1 aromatic rings. The third kappa shape index (κ3) is 11.1. The van der Waals surface area contributed by atoms with Crippen LogP contribution >= 0.6 is 0 Å². The largest absolute Gasteiger partial charge is 0.467 e. The summed E-state index contributed by atoms with van der Waals surface area (Å²) in [5, 5.41) is 2.45. The Morgan fingerprint density at radius 3 is 2.27 bits per heavy atom. The van der Waals surface area contributed by atoms with E-state index in [4.69, 9.17) is 18.4 Å². The van der Waals surface area contributed by atoms with Crippen molar-refractivity contribution in [2.45, 2.75) is 95.5 Å². The number of hydrogen-bond donors (Lipinski definition) is 1. The van der Waals surface area contributed by atoms with Crippen LogP contribution in [0.2, 0.25) is 0 Å². The number of carbonyl (C=O) groups excluding carboxylic acids is 3. The molecule has 11 heteroatoms. The van der Waals surface area contributed by atoms with Gasteiger partial charge >= 0.3 is 18.0 Å². The second-order valence-electron chi connectivity index (χ2n) is 10.2. The molecular weight excluding hydrogens is 502 g/mol. The van der Waals surface area contributed by atoms with Crippen molar-refractivity contribution in [2.24, 2.45) is 0 Å². The van der Waals surface area contributed by atoms with Crippen molar-refractivity contribution in [1.29, 1.82) is 0 Å². The highest BCUT2D eigenvalue weighted by molar-refractivity contribution is 7.86. The van der Waals surface area contributed by atoms with Gasteiger partial charge in [-0.3, -0.25) is 4.18 Å². The smallest absolute Gasteiger partial charge is 0.408 e. The second kappa shape index (κ2) is 13.8. The molecular formula is C26H39NO9S. The first-order chi connectivity index (χ1) is 17.3. The minimum Gasteiger partial charge on any atom is -0.467 e. The van der Waals surface area contributed by atoms with Gasteiger partial charge in [0.2, 0.25) is 0 Å². The summed E-state index contributed by atoms with van der Waals surface area (Å²) >= 11 is 0. The molecule has 0 saturated heterocycles. The molecule has 1 fully saturated rings. The molecule has 0 unspecified atom stereocenters. The minimum absolute atomic E-state index is 0.0134. The van der Waals surface area contributed by atoms with E-state index in [0.29, 0.717) is 6.42 Å². The van der Waals surface area contributed by atoms with E-state index in [-0.39, 0.29) is 25.2 Å². The molecule has 4 atom stereocenters. The Bertz CT molecular complexity index is 1000. The van der Waals surface area contributed by atoms with Crippen LogP contribution in [-0.2, 0) is 38.1 Å². The summed E-state index contributed by atoms with van der Waals surface area (Å²) < 4.78 is 44.6. The number of amides is 1. The molecule has 0 aromatic heterocycles. The van der Waals surface area contributed by atoms with Gasteiger partial charge in [-0.2, -0.15) is 8.42 Å². The molecule has 1 amide bonds. The molecule has 1 aromatic carbocycles. The van der Waals surface area contributed by atoms with Crippen LogP contribution in [0.4, 0.5) is 4.79 Å². The van der Waals surface area contributed by atoms with Gasteiger partial charge in [-0.15, -0.1) is 0 Å². The van der Waals surface area contributed by atoms with E-state index in [1.165, 1.54) is 7.11 Å². The summed E-state index contributed by atoms with van der Waals surface area (Å²) in [4.78, 5) is 37.4. The van der Waals surface area contributed by atoms with E-state index < -0.39 is 52.0 Å². The van der Waals surface area contributed by atoms with Crippen LogP contribution in [0.1, 0.15) is 77.2 Å². The molecule has 2 rings (SSSR count). The third-order valence-corrected chi connectivity index (χ3v) is 6.47. The fourth-order valence-corrected chi connectivity index (χ4v) is 4.91. The Hall–Kier alpha value is -2.66. The van der Waals surface area contributed by atoms with Crippen LogP contribution in [0, 0.1) is 0 Å². The Morgan fingerprint density at radius 1 is 1.03 bits per heavy atom. The van der Waals surface area contributed by atoms with E-state index in [2.05, 4.69) is 5.32 Å². The Balaban J connectivity index is 2.06. The number of hydrogen-bond acceptors (Lipinski definition) is 9. The van der Waals surface area contributed by atoms with Gasteiger partial charge in [0.1, 0.15) is 17.7 Å². The highest BCUT2D eigenvalue weighted by atomic mass is 32.2. The fraction of sp³-hybridized carbons (Fsp3) is 0.654. The maximum atomic E-state index is 13.1. The lowest BCUT2D eigenvalue weighted by Gasteiger charge is -2.32. The number of nitrogens with one attached hydrogen (secondary N) is 1. The summed E-state index contributed by atoms with van der Waals surface area (Å²) in [6.07, 6.45) is 1.91. The average molecular weight is 542 g/mol. The van der Waals surface area contributed by atoms with Crippen molar-refractivity contribution in [2.75, 3.05) is 13.4 Å². The number of methoxy groups -OCH3 is 1. The molecule has 0 aliphatic heterocycles. The average Bonchev–Trinajstić information content (AvgIpc) is 2.81. The molecule has 0 heterocycles. The topological polar surface area (TPSA) is 134 Å². The van der Waals surface area contributed by atoms with Crippen molar-refractivity contribution < 1.29 is 41.2 Å². The van der Waals surface area contributed by atoms with Crippen LogP contribution in [0.25, 0.3) is 0 Å². The lowest BCUT2D eigenvalue weighted by atomic mass is 9.81. The van der Waals surface area contributed by atoms with Gasteiger partial charge in [-0.25, -0.2) is 14.4 Å². The normalized spacial score (nSPS) is 19.8. The van der Waals surface area contributed by atoms with E-state index in [0.717, 1.165) is 31.1 Å². The highest BCUT2D eigenvalue weighted by Gasteiger charge is 2.34. The summed E-state index contributed by atoms with van der Waals surface area (Å²) in [6.45, 7) is 5.06. The first-order valence-electron chi connectivity index (χ1n) is 12.5. The maximum Gasteiger partial charge on any atom is 0.408 e. The quantitative estimate of drug-likeness (QED) is 0.252.